The van der Waals surface area contributed by atoms with Crippen molar-refractivity contribution in [1.82, 2.24) is 15.1 Å². The molecule has 84 valence electrons. The van der Waals surface area contributed by atoms with E-state index in [0.29, 0.717) is 0 Å². The molecule has 0 unspecified atom stereocenters. The molecule has 1 heterocycles. The summed E-state index contributed by atoms with van der Waals surface area (Å²) in [6.45, 7) is 5.34. The smallest absolute Gasteiger partial charge is 0.0522 e. The van der Waals surface area contributed by atoms with Crippen LogP contribution in [0.4, 0.5) is 0 Å². The van der Waals surface area contributed by atoms with Crippen LogP contribution in [0.5, 0.6) is 0 Å². The maximum absolute atomic E-state index is 4.31. The van der Waals surface area contributed by atoms with Gasteiger partial charge in [-0.05, 0) is 31.4 Å². The average molecular weight is 207 g/mol. The van der Waals surface area contributed by atoms with E-state index < -0.39 is 0 Å². The fourth-order valence-electron chi connectivity index (χ4n) is 1.85. The Balaban J connectivity index is 1.68. The summed E-state index contributed by atoms with van der Waals surface area (Å²) >= 11 is 0. The lowest BCUT2D eigenvalue weighted by Crippen LogP contribution is -2.18. The molecule has 0 spiro atoms. The number of hydrogen-bond acceptors (Lipinski definition) is 2. The van der Waals surface area contributed by atoms with E-state index in [1.807, 2.05) is 6.20 Å². The molecule has 1 aromatic rings. The lowest BCUT2D eigenvalue weighted by atomic mass is 10.3. The van der Waals surface area contributed by atoms with Crippen molar-refractivity contribution >= 4 is 0 Å². The molecule has 1 aromatic heterocycles. The molecule has 15 heavy (non-hydrogen) atoms. The van der Waals surface area contributed by atoms with Crippen molar-refractivity contribution in [3.63, 3.8) is 0 Å². The van der Waals surface area contributed by atoms with Gasteiger partial charge in [0, 0.05) is 19.3 Å². The van der Waals surface area contributed by atoms with Crippen molar-refractivity contribution < 1.29 is 0 Å². The predicted molar refractivity (Wildman–Crippen MR) is 61.6 cm³/mol. The molecular formula is C12H21N3. The van der Waals surface area contributed by atoms with Gasteiger partial charge in [0.1, 0.15) is 0 Å². The van der Waals surface area contributed by atoms with E-state index in [1.54, 1.807) is 0 Å². The van der Waals surface area contributed by atoms with Gasteiger partial charge in [0.05, 0.1) is 5.69 Å². The van der Waals surface area contributed by atoms with Gasteiger partial charge in [0.2, 0.25) is 0 Å². The van der Waals surface area contributed by atoms with Gasteiger partial charge in [-0.25, -0.2) is 0 Å². The fourth-order valence-corrected chi connectivity index (χ4v) is 1.85. The van der Waals surface area contributed by atoms with Crippen LogP contribution in [0.3, 0.4) is 0 Å². The molecule has 2 rings (SSSR count). The van der Waals surface area contributed by atoms with E-state index in [2.05, 4.69) is 28.1 Å². The Bertz CT molecular complexity index is 289. The summed E-state index contributed by atoms with van der Waals surface area (Å²) in [7, 11) is 0. The zero-order valence-corrected chi connectivity index (χ0v) is 9.58. The second kappa shape index (κ2) is 5.31. The molecule has 3 heteroatoms. The maximum Gasteiger partial charge on any atom is 0.0522 e. The molecule has 0 bridgehead atoms. The third-order valence-electron chi connectivity index (χ3n) is 2.97. The van der Waals surface area contributed by atoms with Crippen LogP contribution in [0.2, 0.25) is 0 Å². The van der Waals surface area contributed by atoms with E-state index in [-0.39, 0.29) is 0 Å². The molecule has 0 amide bonds. The van der Waals surface area contributed by atoms with Crippen molar-refractivity contribution in [2.45, 2.75) is 45.7 Å². The minimum absolute atomic E-state index is 0.965. The first kappa shape index (κ1) is 10.7. The minimum Gasteiger partial charge on any atom is -0.311 e. The Morgan fingerprint density at radius 2 is 2.40 bits per heavy atom. The maximum atomic E-state index is 4.31. The summed E-state index contributed by atoms with van der Waals surface area (Å²) in [6, 6.07) is 2.11. The quantitative estimate of drug-likeness (QED) is 0.695. The summed E-state index contributed by atoms with van der Waals surface area (Å²) < 4.78 is 2.10. The van der Waals surface area contributed by atoms with Gasteiger partial charge in [0.25, 0.3) is 0 Å². The molecule has 1 aliphatic carbocycles. The third kappa shape index (κ3) is 3.34. The summed E-state index contributed by atoms with van der Waals surface area (Å²) in [6.07, 6.45) is 7.30. The highest BCUT2D eigenvalue weighted by atomic mass is 15.3. The van der Waals surface area contributed by atoms with Gasteiger partial charge in [-0.3, -0.25) is 4.68 Å². The standard InChI is InChI=1S/C12H21N3/c1-2-9-15-12(6-8-14-15)10-13-7-5-11-3-4-11/h6,8,11,13H,2-5,7,9-10H2,1H3. The molecule has 0 atom stereocenters. The molecule has 1 saturated carbocycles. The first-order valence-electron chi connectivity index (χ1n) is 6.11. The zero-order chi connectivity index (χ0) is 10.5. The van der Waals surface area contributed by atoms with Crippen molar-refractivity contribution in [1.29, 1.82) is 0 Å². The number of aromatic nitrogens is 2. The molecule has 0 saturated heterocycles. The Morgan fingerprint density at radius 1 is 1.53 bits per heavy atom. The molecule has 0 radical (unpaired) electrons. The minimum atomic E-state index is 0.965. The van der Waals surface area contributed by atoms with E-state index >= 15 is 0 Å². The molecule has 1 aliphatic rings. The van der Waals surface area contributed by atoms with Crippen molar-refractivity contribution in [2.24, 2.45) is 5.92 Å². The lowest BCUT2D eigenvalue weighted by Gasteiger charge is -2.07. The van der Waals surface area contributed by atoms with Gasteiger partial charge in [-0.2, -0.15) is 5.10 Å². The van der Waals surface area contributed by atoms with Gasteiger partial charge < -0.3 is 5.32 Å². The van der Waals surface area contributed by atoms with Crippen molar-refractivity contribution in [3.05, 3.63) is 18.0 Å². The molecule has 3 nitrogen and oxygen atoms in total. The van der Waals surface area contributed by atoms with E-state index in [4.69, 9.17) is 0 Å². The Kier molecular flexibility index (Phi) is 3.78. The van der Waals surface area contributed by atoms with Gasteiger partial charge in [-0.15, -0.1) is 0 Å². The fraction of sp³-hybridized carbons (Fsp3) is 0.750. The molecule has 1 N–H and O–H groups in total. The first-order chi connectivity index (χ1) is 7.40. The van der Waals surface area contributed by atoms with Gasteiger partial charge in [-0.1, -0.05) is 19.8 Å². The highest BCUT2D eigenvalue weighted by Gasteiger charge is 2.19. The van der Waals surface area contributed by atoms with Crippen LogP contribution in [0.15, 0.2) is 12.3 Å². The molecule has 0 aromatic carbocycles. The second-order valence-corrected chi connectivity index (χ2v) is 4.45. The van der Waals surface area contributed by atoms with Gasteiger partial charge in [0.15, 0.2) is 0 Å². The van der Waals surface area contributed by atoms with Crippen LogP contribution in [-0.4, -0.2) is 16.3 Å². The van der Waals surface area contributed by atoms with Crippen molar-refractivity contribution in [3.8, 4) is 0 Å². The van der Waals surface area contributed by atoms with Crippen LogP contribution in [0, 0.1) is 5.92 Å². The molecule has 1 fully saturated rings. The largest absolute Gasteiger partial charge is 0.311 e. The topological polar surface area (TPSA) is 29.9 Å². The predicted octanol–water partition coefficient (Wildman–Crippen LogP) is 2.18. The summed E-state index contributed by atoms with van der Waals surface area (Å²) in [5.41, 5.74) is 1.31. The van der Waals surface area contributed by atoms with Crippen LogP contribution in [-0.2, 0) is 13.1 Å². The van der Waals surface area contributed by atoms with Gasteiger partial charge >= 0.3 is 0 Å². The number of rotatable bonds is 7. The number of nitrogens with one attached hydrogen (secondary N) is 1. The monoisotopic (exact) mass is 207 g/mol. The van der Waals surface area contributed by atoms with E-state index in [9.17, 15) is 0 Å². The average Bonchev–Trinajstić information content (AvgIpc) is 2.96. The van der Waals surface area contributed by atoms with E-state index in [1.165, 1.54) is 25.0 Å². The molecular weight excluding hydrogens is 186 g/mol. The Hall–Kier alpha value is -0.830. The second-order valence-electron chi connectivity index (χ2n) is 4.45. The Morgan fingerprint density at radius 3 is 3.13 bits per heavy atom. The van der Waals surface area contributed by atoms with Crippen molar-refractivity contribution in [2.75, 3.05) is 6.54 Å². The Labute approximate surface area is 91.9 Å². The molecule has 0 aliphatic heterocycles. The van der Waals surface area contributed by atoms with Crippen LogP contribution < -0.4 is 5.32 Å². The lowest BCUT2D eigenvalue weighted by molar-refractivity contribution is 0.539. The van der Waals surface area contributed by atoms with Crippen LogP contribution >= 0.6 is 0 Å². The number of nitrogens with zero attached hydrogens (tertiary/aromatic N) is 2. The normalized spacial score (nSPS) is 15.8. The van der Waals surface area contributed by atoms with E-state index in [0.717, 1.165) is 32.0 Å². The summed E-state index contributed by atoms with van der Waals surface area (Å²) in [5, 5.41) is 7.81. The number of aryl methyl sites for hydroxylation is 1. The summed E-state index contributed by atoms with van der Waals surface area (Å²) in [4.78, 5) is 0. The first-order valence-corrected chi connectivity index (χ1v) is 6.11. The highest BCUT2D eigenvalue weighted by Crippen LogP contribution is 2.31. The van der Waals surface area contributed by atoms with Crippen LogP contribution in [0.1, 0.15) is 38.3 Å². The SMILES string of the molecule is CCCn1nccc1CNCCC1CC1. The highest BCUT2D eigenvalue weighted by molar-refractivity contribution is 4.99. The van der Waals surface area contributed by atoms with Crippen LogP contribution in [0.25, 0.3) is 0 Å². The zero-order valence-electron chi connectivity index (χ0n) is 9.58. The summed E-state index contributed by atoms with van der Waals surface area (Å²) in [5.74, 6) is 1.03. The third-order valence-corrected chi connectivity index (χ3v) is 2.97. The number of hydrogen-bond donors (Lipinski definition) is 1.